The van der Waals surface area contributed by atoms with Crippen molar-refractivity contribution in [1.82, 2.24) is 0 Å². The van der Waals surface area contributed by atoms with Crippen LogP contribution in [-0.2, 0) is 0 Å². The van der Waals surface area contributed by atoms with Gasteiger partial charge in [-0.2, -0.15) is 0 Å². The predicted octanol–water partition coefficient (Wildman–Crippen LogP) is 3.14. The molecule has 0 bridgehead atoms. The van der Waals surface area contributed by atoms with Gasteiger partial charge in [-0.15, -0.1) is 0 Å². The highest BCUT2D eigenvalue weighted by atomic mass is 16.1. The fraction of sp³-hybridized carbons (Fsp3) is 0.0714. The highest BCUT2D eigenvalue weighted by molar-refractivity contribution is 6.05. The van der Waals surface area contributed by atoms with E-state index in [0.29, 0.717) is 11.3 Å². The second-order valence-electron chi connectivity index (χ2n) is 3.69. The Hall–Kier alpha value is -2.09. The van der Waals surface area contributed by atoms with Crippen LogP contribution in [0.1, 0.15) is 17.3 Å². The molecule has 0 atom stereocenters. The van der Waals surface area contributed by atoms with Gasteiger partial charge in [-0.25, -0.2) is 0 Å². The van der Waals surface area contributed by atoms with E-state index < -0.39 is 0 Å². The van der Waals surface area contributed by atoms with Crippen molar-refractivity contribution in [3.05, 3.63) is 54.1 Å². The molecule has 0 unspecified atom stereocenters. The molecule has 2 aromatic carbocycles. The predicted molar refractivity (Wildman–Crippen MR) is 66.3 cm³/mol. The summed E-state index contributed by atoms with van der Waals surface area (Å²) in [5.74, 6) is -0.00282. The molecular formula is C14H13NO. The fourth-order valence-corrected chi connectivity index (χ4v) is 1.82. The van der Waals surface area contributed by atoms with E-state index in [-0.39, 0.29) is 5.78 Å². The summed E-state index contributed by atoms with van der Waals surface area (Å²) < 4.78 is 0. The number of Topliss-reactive ketones (excluding diaryl/α,β-unsaturated/α-hetero) is 1. The van der Waals surface area contributed by atoms with Gasteiger partial charge < -0.3 is 5.73 Å². The molecule has 0 heterocycles. The molecule has 2 aromatic rings. The summed E-state index contributed by atoms with van der Waals surface area (Å²) in [5.41, 5.74) is 8.89. The standard InChI is InChI=1S/C14H13NO/c1-10(16)14-12(8-5-9-13(14)15)11-6-3-2-4-7-11/h2-9H,15H2,1H3. The first-order chi connectivity index (χ1) is 7.70. The molecule has 2 N–H and O–H groups in total. The number of hydrogen-bond donors (Lipinski definition) is 1. The zero-order valence-corrected chi connectivity index (χ0v) is 9.10. The van der Waals surface area contributed by atoms with Gasteiger partial charge in [-0.3, -0.25) is 4.79 Å². The van der Waals surface area contributed by atoms with Gasteiger partial charge >= 0.3 is 0 Å². The van der Waals surface area contributed by atoms with Crippen LogP contribution in [-0.4, -0.2) is 5.78 Å². The quantitative estimate of drug-likeness (QED) is 0.612. The van der Waals surface area contributed by atoms with E-state index in [0.717, 1.165) is 11.1 Å². The van der Waals surface area contributed by atoms with Gasteiger partial charge in [0.2, 0.25) is 0 Å². The topological polar surface area (TPSA) is 43.1 Å². The zero-order valence-electron chi connectivity index (χ0n) is 9.10. The number of benzene rings is 2. The summed E-state index contributed by atoms with van der Waals surface area (Å²) in [6.07, 6.45) is 0. The normalized spacial score (nSPS) is 10.1. The smallest absolute Gasteiger partial charge is 0.162 e. The van der Waals surface area contributed by atoms with E-state index in [9.17, 15) is 4.79 Å². The number of carbonyl (C=O) groups is 1. The van der Waals surface area contributed by atoms with Crippen molar-refractivity contribution in [2.45, 2.75) is 6.92 Å². The summed E-state index contributed by atoms with van der Waals surface area (Å²) in [6, 6.07) is 15.3. The summed E-state index contributed by atoms with van der Waals surface area (Å²) in [5, 5.41) is 0. The Bertz CT molecular complexity index is 518. The molecular weight excluding hydrogens is 198 g/mol. The summed E-state index contributed by atoms with van der Waals surface area (Å²) in [6.45, 7) is 1.54. The third kappa shape index (κ3) is 1.82. The first-order valence-electron chi connectivity index (χ1n) is 5.15. The number of rotatable bonds is 2. The van der Waals surface area contributed by atoms with Crippen LogP contribution >= 0.6 is 0 Å². The maximum Gasteiger partial charge on any atom is 0.162 e. The van der Waals surface area contributed by atoms with Crippen LogP contribution in [0, 0.1) is 0 Å². The van der Waals surface area contributed by atoms with Gasteiger partial charge in [-0.05, 0) is 24.1 Å². The molecule has 0 amide bonds. The molecule has 16 heavy (non-hydrogen) atoms. The van der Waals surface area contributed by atoms with E-state index >= 15 is 0 Å². The van der Waals surface area contributed by atoms with Crippen molar-refractivity contribution in [3.63, 3.8) is 0 Å². The number of anilines is 1. The molecule has 0 spiro atoms. The van der Waals surface area contributed by atoms with Gasteiger partial charge in [0.05, 0.1) is 0 Å². The molecule has 0 radical (unpaired) electrons. The zero-order chi connectivity index (χ0) is 11.5. The molecule has 0 saturated carbocycles. The van der Waals surface area contributed by atoms with Crippen molar-refractivity contribution in [1.29, 1.82) is 0 Å². The average molecular weight is 211 g/mol. The van der Waals surface area contributed by atoms with Gasteiger partial charge in [0.15, 0.2) is 5.78 Å². The summed E-state index contributed by atoms with van der Waals surface area (Å²) in [7, 11) is 0. The lowest BCUT2D eigenvalue weighted by Gasteiger charge is -2.09. The minimum absolute atomic E-state index is 0.00282. The first-order valence-corrected chi connectivity index (χ1v) is 5.15. The Morgan fingerprint density at radius 2 is 1.69 bits per heavy atom. The van der Waals surface area contributed by atoms with E-state index in [1.165, 1.54) is 6.92 Å². The van der Waals surface area contributed by atoms with Crippen LogP contribution in [0.25, 0.3) is 11.1 Å². The maximum absolute atomic E-state index is 11.6. The lowest BCUT2D eigenvalue weighted by molar-refractivity contribution is 0.101. The molecule has 80 valence electrons. The van der Waals surface area contributed by atoms with Crippen LogP contribution in [0.5, 0.6) is 0 Å². The largest absolute Gasteiger partial charge is 0.398 e. The Labute approximate surface area is 94.7 Å². The third-order valence-corrected chi connectivity index (χ3v) is 2.53. The molecule has 0 aliphatic heterocycles. The van der Waals surface area contributed by atoms with Gasteiger partial charge in [-0.1, -0.05) is 42.5 Å². The van der Waals surface area contributed by atoms with E-state index in [1.807, 2.05) is 42.5 Å². The average Bonchev–Trinajstić information content (AvgIpc) is 2.29. The van der Waals surface area contributed by atoms with E-state index in [2.05, 4.69) is 0 Å². The first kappa shape index (κ1) is 10.4. The lowest BCUT2D eigenvalue weighted by atomic mass is 9.96. The Morgan fingerprint density at radius 3 is 2.31 bits per heavy atom. The molecule has 2 rings (SSSR count). The molecule has 0 fully saturated rings. The lowest BCUT2D eigenvalue weighted by Crippen LogP contribution is -2.02. The van der Waals surface area contributed by atoms with Crippen LogP contribution in [0.4, 0.5) is 5.69 Å². The van der Waals surface area contributed by atoms with Gasteiger partial charge in [0, 0.05) is 11.3 Å². The highest BCUT2D eigenvalue weighted by Gasteiger charge is 2.11. The van der Waals surface area contributed by atoms with Crippen LogP contribution < -0.4 is 5.73 Å². The van der Waals surface area contributed by atoms with Gasteiger partial charge in [0.25, 0.3) is 0 Å². The molecule has 0 aliphatic rings. The Balaban J connectivity index is 2.66. The summed E-state index contributed by atoms with van der Waals surface area (Å²) in [4.78, 5) is 11.6. The fourth-order valence-electron chi connectivity index (χ4n) is 1.82. The number of carbonyl (C=O) groups excluding carboxylic acids is 1. The minimum atomic E-state index is -0.00282. The molecule has 0 aromatic heterocycles. The van der Waals surface area contributed by atoms with Crippen LogP contribution in [0.15, 0.2) is 48.5 Å². The van der Waals surface area contributed by atoms with Crippen molar-refractivity contribution < 1.29 is 4.79 Å². The number of hydrogen-bond acceptors (Lipinski definition) is 2. The van der Waals surface area contributed by atoms with E-state index in [1.54, 1.807) is 6.07 Å². The van der Waals surface area contributed by atoms with Crippen molar-refractivity contribution >= 4 is 11.5 Å². The van der Waals surface area contributed by atoms with Crippen molar-refractivity contribution in [2.24, 2.45) is 0 Å². The third-order valence-electron chi connectivity index (χ3n) is 2.53. The van der Waals surface area contributed by atoms with Crippen molar-refractivity contribution in [2.75, 3.05) is 5.73 Å². The monoisotopic (exact) mass is 211 g/mol. The molecule has 2 heteroatoms. The maximum atomic E-state index is 11.6. The SMILES string of the molecule is CC(=O)c1c(N)cccc1-c1ccccc1. The molecule has 0 saturated heterocycles. The molecule has 0 aliphatic carbocycles. The van der Waals surface area contributed by atoms with Crippen LogP contribution in [0.2, 0.25) is 0 Å². The number of ketones is 1. The number of nitrogen functional groups attached to an aromatic ring is 1. The highest BCUT2D eigenvalue weighted by Crippen LogP contribution is 2.27. The molecule has 2 nitrogen and oxygen atoms in total. The van der Waals surface area contributed by atoms with Crippen LogP contribution in [0.3, 0.4) is 0 Å². The number of nitrogens with two attached hydrogens (primary N) is 1. The Morgan fingerprint density at radius 1 is 1.00 bits per heavy atom. The van der Waals surface area contributed by atoms with E-state index in [4.69, 9.17) is 5.73 Å². The Kier molecular flexibility index (Phi) is 2.73. The van der Waals surface area contributed by atoms with Gasteiger partial charge in [0.1, 0.15) is 0 Å². The second kappa shape index (κ2) is 4.19. The summed E-state index contributed by atoms with van der Waals surface area (Å²) >= 11 is 0. The van der Waals surface area contributed by atoms with Crippen molar-refractivity contribution in [3.8, 4) is 11.1 Å². The second-order valence-corrected chi connectivity index (χ2v) is 3.69. The minimum Gasteiger partial charge on any atom is -0.398 e.